The minimum absolute atomic E-state index is 0.0649. The van der Waals surface area contributed by atoms with Crippen LogP contribution in [0.4, 0.5) is 0 Å². The molecule has 0 atom stereocenters. The molecule has 0 aliphatic rings. The zero-order valence-corrected chi connectivity index (χ0v) is 20.5. The fraction of sp³-hybridized carbons (Fsp3) is 0.179. The van der Waals surface area contributed by atoms with Crippen molar-refractivity contribution in [1.29, 1.82) is 0 Å². The first kappa shape index (κ1) is 23.9. The molecule has 0 bridgehead atoms. The first-order valence-corrected chi connectivity index (χ1v) is 12.1. The van der Waals surface area contributed by atoms with E-state index >= 15 is 0 Å². The highest BCUT2D eigenvalue weighted by molar-refractivity contribution is 6.05. The number of imidazole rings is 1. The number of para-hydroxylation sites is 3. The Hall–Kier alpha value is -4.79. The lowest BCUT2D eigenvalue weighted by Crippen LogP contribution is -2.43. The third-order valence-electron chi connectivity index (χ3n) is 6.07. The van der Waals surface area contributed by atoms with Gasteiger partial charge in [-0.2, -0.15) is 5.10 Å². The maximum Gasteiger partial charge on any atom is 0.290 e. The highest BCUT2D eigenvalue weighted by Gasteiger charge is 2.19. The topological polar surface area (TPSA) is 111 Å². The van der Waals surface area contributed by atoms with Crippen molar-refractivity contribution in [3.8, 4) is 5.69 Å². The van der Waals surface area contributed by atoms with Crippen molar-refractivity contribution in [2.45, 2.75) is 32.7 Å². The van der Waals surface area contributed by atoms with E-state index in [1.807, 2.05) is 73.0 Å². The van der Waals surface area contributed by atoms with Gasteiger partial charge in [-0.3, -0.25) is 29.8 Å². The van der Waals surface area contributed by atoms with Gasteiger partial charge in [0.1, 0.15) is 5.82 Å². The fourth-order valence-electron chi connectivity index (χ4n) is 4.31. The predicted octanol–water partition coefficient (Wildman–Crippen LogP) is 3.71. The Kier molecular flexibility index (Phi) is 6.51. The van der Waals surface area contributed by atoms with Gasteiger partial charge in [-0.25, -0.2) is 9.67 Å². The molecule has 9 heteroatoms. The number of hydrogen-bond acceptors (Lipinski definition) is 5. The molecule has 0 fully saturated rings. The summed E-state index contributed by atoms with van der Waals surface area (Å²) >= 11 is 0. The summed E-state index contributed by atoms with van der Waals surface area (Å²) in [4.78, 5) is 43.1. The Labute approximate surface area is 212 Å². The molecule has 5 aromatic rings. The Bertz CT molecular complexity index is 1670. The van der Waals surface area contributed by atoms with Crippen LogP contribution in [0.3, 0.4) is 0 Å². The fourth-order valence-corrected chi connectivity index (χ4v) is 4.31. The van der Waals surface area contributed by atoms with Crippen molar-refractivity contribution in [1.82, 2.24) is 30.2 Å². The minimum Gasteiger partial charge on any atom is -0.296 e. The summed E-state index contributed by atoms with van der Waals surface area (Å²) in [7, 11) is 0. The van der Waals surface area contributed by atoms with Crippen LogP contribution in [-0.4, -0.2) is 31.1 Å². The van der Waals surface area contributed by atoms with Crippen LogP contribution in [0.15, 0.2) is 83.7 Å². The molecule has 0 radical (unpaired) electrons. The number of nitrogens with one attached hydrogen (secondary N) is 2. The lowest BCUT2D eigenvalue weighted by Gasteiger charge is -2.14. The molecule has 5 rings (SSSR count). The molecule has 37 heavy (non-hydrogen) atoms. The number of carbonyl (C=O) groups is 2. The summed E-state index contributed by atoms with van der Waals surface area (Å²) in [5.74, 6) is -0.234. The normalized spacial score (nSPS) is 11.2. The zero-order chi connectivity index (χ0) is 25.9. The van der Waals surface area contributed by atoms with Crippen molar-refractivity contribution in [3.63, 3.8) is 0 Å². The lowest BCUT2D eigenvalue weighted by atomic mass is 10.1. The van der Waals surface area contributed by atoms with Crippen molar-refractivity contribution in [3.05, 3.63) is 101 Å². The van der Waals surface area contributed by atoms with Gasteiger partial charge in [0.15, 0.2) is 5.69 Å². The lowest BCUT2D eigenvalue weighted by molar-refractivity contribution is -0.121. The average Bonchev–Trinajstić information content (AvgIpc) is 3.29. The van der Waals surface area contributed by atoms with Crippen LogP contribution in [0.2, 0.25) is 0 Å². The number of aryl methyl sites for hydroxylation is 1. The Morgan fingerprint density at radius 3 is 2.30 bits per heavy atom. The third kappa shape index (κ3) is 4.71. The van der Waals surface area contributed by atoms with Crippen molar-refractivity contribution in [2.24, 2.45) is 0 Å². The summed E-state index contributed by atoms with van der Waals surface area (Å²) in [5, 5.41) is 5.08. The van der Waals surface area contributed by atoms with E-state index in [1.165, 1.54) is 4.68 Å². The number of hydrazine groups is 1. The highest BCUT2D eigenvalue weighted by atomic mass is 16.2. The largest absolute Gasteiger partial charge is 0.296 e. The van der Waals surface area contributed by atoms with E-state index in [1.54, 1.807) is 24.3 Å². The van der Waals surface area contributed by atoms with Crippen LogP contribution in [0.25, 0.3) is 27.5 Å². The van der Waals surface area contributed by atoms with Crippen LogP contribution in [-0.2, 0) is 11.2 Å². The number of hydrogen-bond donors (Lipinski definition) is 2. The molecule has 2 amide bonds. The summed E-state index contributed by atoms with van der Waals surface area (Å²) in [6, 6.07) is 24.2. The maximum absolute atomic E-state index is 13.0. The second-order valence-electron chi connectivity index (χ2n) is 8.93. The molecule has 3 aromatic carbocycles. The molecule has 0 spiro atoms. The first-order chi connectivity index (χ1) is 17.9. The third-order valence-corrected chi connectivity index (χ3v) is 6.07. The van der Waals surface area contributed by atoms with E-state index in [9.17, 15) is 14.4 Å². The molecular weight excluding hydrogens is 468 g/mol. The van der Waals surface area contributed by atoms with Gasteiger partial charge in [0.2, 0.25) is 5.91 Å². The molecular formula is C28H26N6O3. The highest BCUT2D eigenvalue weighted by Crippen LogP contribution is 2.22. The quantitative estimate of drug-likeness (QED) is 0.350. The number of carbonyl (C=O) groups excluding carboxylic acids is 2. The molecule has 0 aliphatic carbocycles. The number of nitrogens with zero attached hydrogens (tertiary/aromatic N) is 4. The zero-order valence-electron chi connectivity index (χ0n) is 20.5. The molecule has 9 nitrogen and oxygen atoms in total. The van der Waals surface area contributed by atoms with E-state index in [0.717, 1.165) is 22.5 Å². The second kappa shape index (κ2) is 10.1. The van der Waals surface area contributed by atoms with Crippen LogP contribution in [0.5, 0.6) is 0 Å². The standard InChI is InChI=1S/C28H26N6O3/c1-18(2)34-28(37)21-13-7-6-12-20(21)26(32-34)27(36)31-30-25(35)17-16-24-29-22-14-8-9-15-23(22)33(24)19-10-4-3-5-11-19/h3-15,18H,16-17H2,1-2H3,(H,30,35)(H,31,36). The van der Waals surface area contributed by atoms with Crippen LogP contribution >= 0.6 is 0 Å². The van der Waals surface area contributed by atoms with Gasteiger partial charge in [0, 0.05) is 23.9 Å². The van der Waals surface area contributed by atoms with Crippen molar-refractivity contribution >= 4 is 33.6 Å². The predicted molar refractivity (Wildman–Crippen MR) is 141 cm³/mol. The monoisotopic (exact) mass is 494 g/mol. The Balaban J connectivity index is 1.32. The van der Waals surface area contributed by atoms with Gasteiger partial charge < -0.3 is 0 Å². The molecule has 0 unspecified atom stereocenters. The van der Waals surface area contributed by atoms with Crippen molar-refractivity contribution < 1.29 is 9.59 Å². The van der Waals surface area contributed by atoms with Gasteiger partial charge >= 0.3 is 0 Å². The molecule has 0 aliphatic heterocycles. The smallest absolute Gasteiger partial charge is 0.290 e. The summed E-state index contributed by atoms with van der Waals surface area (Å²) in [6.45, 7) is 3.63. The molecule has 2 aromatic heterocycles. The molecule has 186 valence electrons. The molecule has 0 saturated carbocycles. The number of aromatic nitrogens is 4. The Morgan fingerprint density at radius 2 is 1.54 bits per heavy atom. The average molecular weight is 495 g/mol. The number of fused-ring (bicyclic) bond motifs is 2. The van der Waals surface area contributed by atoms with E-state index in [2.05, 4.69) is 16.0 Å². The van der Waals surface area contributed by atoms with E-state index < -0.39 is 5.91 Å². The molecule has 2 N–H and O–H groups in total. The van der Waals surface area contributed by atoms with E-state index in [-0.39, 0.29) is 29.6 Å². The summed E-state index contributed by atoms with van der Waals surface area (Å²) in [6.07, 6.45) is 0.473. The molecule has 2 heterocycles. The minimum atomic E-state index is -0.601. The summed E-state index contributed by atoms with van der Waals surface area (Å²) < 4.78 is 3.31. The van der Waals surface area contributed by atoms with E-state index in [0.29, 0.717) is 17.2 Å². The maximum atomic E-state index is 13.0. The van der Waals surface area contributed by atoms with Gasteiger partial charge in [-0.15, -0.1) is 0 Å². The number of benzene rings is 3. The van der Waals surface area contributed by atoms with Crippen molar-refractivity contribution in [2.75, 3.05) is 0 Å². The molecule has 0 saturated heterocycles. The SMILES string of the molecule is CC(C)n1nc(C(=O)NNC(=O)CCc2nc3ccccc3n2-c2ccccc2)c2ccccc2c1=O. The number of amides is 2. The van der Waals surface area contributed by atoms with Gasteiger partial charge in [-0.1, -0.05) is 48.5 Å². The van der Waals surface area contributed by atoms with Crippen LogP contribution < -0.4 is 16.4 Å². The second-order valence-corrected chi connectivity index (χ2v) is 8.93. The summed E-state index contributed by atoms with van der Waals surface area (Å²) in [5.41, 5.74) is 7.46. The van der Waals surface area contributed by atoms with Gasteiger partial charge in [0.25, 0.3) is 11.5 Å². The van der Waals surface area contributed by atoms with Gasteiger partial charge in [0.05, 0.1) is 22.5 Å². The van der Waals surface area contributed by atoms with Crippen LogP contribution in [0, 0.1) is 0 Å². The Morgan fingerprint density at radius 1 is 0.865 bits per heavy atom. The van der Waals surface area contributed by atoms with Crippen LogP contribution in [0.1, 0.15) is 42.6 Å². The van der Waals surface area contributed by atoms with Gasteiger partial charge in [-0.05, 0) is 44.2 Å². The van der Waals surface area contributed by atoms with E-state index in [4.69, 9.17) is 4.98 Å². The number of rotatable bonds is 6. The first-order valence-electron chi connectivity index (χ1n) is 12.1.